The Morgan fingerprint density at radius 2 is 2.10 bits per heavy atom. The molecule has 0 saturated heterocycles. The van der Waals surface area contributed by atoms with E-state index in [9.17, 15) is 14.0 Å². The predicted molar refractivity (Wildman–Crippen MR) is 72.7 cm³/mol. The molecule has 0 atom stereocenters. The second-order valence-corrected chi connectivity index (χ2v) is 4.53. The second-order valence-electron chi connectivity index (χ2n) is 4.53. The number of aliphatic carboxylic acids is 1. The Bertz CT molecular complexity index is 477. The van der Waals surface area contributed by atoms with Crippen molar-refractivity contribution in [2.45, 2.75) is 26.3 Å². The van der Waals surface area contributed by atoms with Gasteiger partial charge < -0.3 is 15.7 Å². The van der Waals surface area contributed by atoms with Crippen molar-refractivity contribution in [1.29, 1.82) is 0 Å². The number of halogens is 1. The van der Waals surface area contributed by atoms with Crippen LogP contribution in [0.25, 0.3) is 0 Å². The summed E-state index contributed by atoms with van der Waals surface area (Å²) in [5.74, 6) is -1.34. The maximum atomic E-state index is 13.3. The molecule has 0 unspecified atom stereocenters. The molecule has 20 heavy (non-hydrogen) atoms. The summed E-state index contributed by atoms with van der Waals surface area (Å²) in [7, 11) is 0. The van der Waals surface area contributed by atoms with E-state index in [0.29, 0.717) is 24.1 Å². The van der Waals surface area contributed by atoms with Crippen LogP contribution in [0, 0.1) is 12.7 Å². The van der Waals surface area contributed by atoms with Crippen LogP contribution in [-0.4, -0.2) is 30.1 Å². The molecule has 5 nitrogen and oxygen atoms in total. The van der Waals surface area contributed by atoms with E-state index in [0.717, 1.165) is 0 Å². The molecule has 1 aromatic carbocycles. The Hall–Kier alpha value is -1.95. The van der Waals surface area contributed by atoms with Crippen molar-refractivity contribution in [3.8, 4) is 0 Å². The molecule has 1 amide bonds. The van der Waals surface area contributed by atoms with Gasteiger partial charge in [-0.25, -0.2) is 4.39 Å². The number of carboxylic acid groups (broad SMARTS) is 1. The highest BCUT2D eigenvalue weighted by Crippen LogP contribution is 2.08. The molecule has 0 aliphatic heterocycles. The second kappa shape index (κ2) is 8.27. The van der Waals surface area contributed by atoms with Gasteiger partial charge in [0.05, 0.1) is 6.54 Å². The zero-order chi connectivity index (χ0) is 15.0. The fraction of sp³-hybridized carbons (Fsp3) is 0.429. The highest BCUT2D eigenvalue weighted by atomic mass is 19.1. The molecule has 0 bridgehead atoms. The molecule has 110 valence electrons. The quantitative estimate of drug-likeness (QED) is 0.626. The fourth-order valence-electron chi connectivity index (χ4n) is 1.58. The van der Waals surface area contributed by atoms with Gasteiger partial charge in [0.1, 0.15) is 5.82 Å². The monoisotopic (exact) mass is 282 g/mol. The van der Waals surface area contributed by atoms with Gasteiger partial charge in [-0.1, -0.05) is 12.1 Å². The van der Waals surface area contributed by atoms with E-state index in [2.05, 4.69) is 10.6 Å². The predicted octanol–water partition coefficient (Wildman–Crippen LogP) is 1.20. The lowest BCUT2D eigenvalue weighted by atomic mass is 10.1. The van der Waals surface area contributed by atoms with Crippen molar-refractivity contribution in [2.75, 3.05) is 13.1 Å². The molecule has 0 aliphatic rings. The zero-order valence-electron chi connectivity index (χ0n) is 11.4. The maximum Gasteiger partial charge on any atom is 0.303 e. The van der Waals surface area contributed by atoms with Gasteiger partial charge in [-0.2, -0.15) is 0 Å². The van der Waals surface area contributed by atoms with E-state index >= 15 is 0 Å². The third kappa shape index (κ3) is 6.29. The first kappa shape index (κ1) is 16.1. The summed E-state index contributed by atoms with van der Waals surface area (Å²) in [6.07, 6.45) is 0.559. The number of carbonyl (C=O) groups is 2. The van der Waals surface area contributed by atoms with E-state index in [4.69, 9.17) is 5.11 Å². The molecule has 1 rings (SSSR count). The van der Waals surface area contributed by atoms with Gasteiger partial charge in [0.2, 0.25) is 5.91 Å². The summed E-state index contributed by atoms with van der Waals surface area (Å²) >= 11 is 0. The van der Waals surface area contributed by atoms with Gasteiger partial charge in [0.25, 0.3) is 0 Å². The van der Waals surface area contributed by atoms with Crippen LogP contribution >= 0.6 is 0 Å². The fourth-order valence-corrected chi connectivity index (χ4v) is 1.58. The minimum absolute atomic E-state index is 0.0806. The Balaban J connectivity index is 2.19. The average Bonchev–Trinajstić information content (AvgIpc) is 2.39. The molecule has 0 spiro atoms. The van der Waals surface area contributed by atoms with Gasteiger partial charge in [-0.3, -0.25) is 9.59 Å². The smallest absolute Gasteiger partial charge is 0.303 e. The van der Waals surface area contributed by atoms with E-state index < -0.39 is 5.97 Å². The number of amides is 1. The van der Waals surface area contributed by atoms with Gasteiger partial charge in [-0.05, 0) is 37.1 Å². The number of carboxylic acids is 1. The SMILES string of the molecule is Cc1ccc(CNC(=O)CNCCCC(=O)O)cc1F. The van der Waals surface area contributed by atoms with Crippen LogP contribution in [0.2, 0.25) is 0 Å². The van der Waals surface area contributed by atoms with Crippen molar-refractivity contribution in [2.24, 2.45) is 0 Å². The lowest BCUT2D eigenvalue weighted by molar-refractivity contribution is -0.137. The zero-order valence-corrected chi connectivity index (χ0v) is 11.4. The molecule has 3 N–H and O–H groups in total. The molecule has 0 radical (unpaired) electrons. The Morgan fingerprint density at radius 3 is 2.75 bits per heavy atom. The first-order chi connectivity index (χ1) is 9.49. The molecule has 0 aliphatic carbocycles. The highest BCUT2D eigenvalue weighted by molar-refractivity contribution is 5.77. The number of hydrogen-bond acceptors (Lipinski definition) is 3. The number of aryl methyl sites for hydroxylation is 1. The highest BCUT2D eigenvalue weighted by Gasteiger charge is 2.03. The van der Waals surface area contributed by atoms with Crippen LogP contribution in [0.1, 0.15) is 24.0 Å². The molecule has 6 heteroatoms. The van der Waals surface area contributed by atoms with Gasteiger partial charge in [0, 0.05) is 13.0 Å². The average molecular weight is 282 g/mol. The first-order valence-electron chi connectivity index (χ1n) is 6.43. The largest absolute Gasteiger partial charge is 0.481 e. The van der Waals surface area contributed by atoms with Crippen LogP contribution in [0.15, 0.2) is 18.2 Å². The third-order valence-electron chi connectivity index (χ3n) is 2.76. The summed E-state index contributed by atoms with van der Waals surface area (Å²) in [4.78, 5) is 21.8. The number of hydrogen-bond donors (Lipinski definition) is 3. The third-order valence-corrected chi connectivity index (χ3v) is 2.76. The number of benzene rings is 1. The van der Waals surface area contributed by atoms with Crippen LogP contribution in [0.5, 0.6) is 0 Å². The van der Waals surface area contributed by atoms with E-state index in [1.165, 1.54) is 6.07 Å². The van der Waals surface area contributed by atoms with Crippen LogP contribution in [0.3, 0.4) is 0 Å². The van der Waals surface area contributed by atoms with E-state index in [1.807, 2.05) is 0 Å². The van der Waals surface area contributed by atoms with Gasteiger partial charge in [-0.15, -0.1) is 0 Å². The molecule has 0 heterocycles. The maximum absolute atomic E-state index is 13.3. The molecule has 1 aromatic rings. The molecular formula is C14H19FN2O3. The molecular weight excluding hydrogens is 263 g/mol. The summed E-state index contributed by atoms with van der Waals surface area (Å²) in [6.45, 7) is 2.54. The summed E-state index contributed by atoms with van der Waals surface area (Å²) in [5, 5.41) is 13.9. The van der Waals surface area contributed by atoms with Gasteiger partial charge in [0.15, 0.2) is 0 Å². The van der Waals surface area contributed by atoms with E-state index in [-0.39, 0.29) is 31.2 Å². The Kier molecular flexibility index (Phi) is 6.66. The summed E-state index contributed by atoms with van der Waals surface area (Å²) in [6, 6.07) is 4.83. The van der Waals surface area contributed by atoms with Crippen molar-refractivity contribution in [3.05, 3.63) is 35.1 Å². The summed E-state index contributed by atoms with van der Waals surface area (Å²) < 4.78 is 13.3. The van der Waals surface area contributed by atoms with Crippen LogP contribution in [0.4, 0.5) is 4.39 Å². The standard InChI is InChI=1S/C14H19FN2O3/c1-10-4-5-11(7-12(10)15)8-17-13(18)9-16-6-2-3-14(19)20/h4-5,7,16H,2-3,6,8-9H2,1H3,(H,17,18)(H,19,20). The lowest BCUT2D eigenvalue weighted by Gasteiger charge is -2.07. The van der Waals surface area contributed by atoms with Crippen molar-refractivity contribution in [1.82, 2.24) is 10.6 Å². The van der Waals surface area contributed by atoms with Gasteiger partial charge >= 0.3 is 5.97 Å². The van der Waals surface area contributed by atoms with Crippen molar-refractivity contribution < 1.29 is 19.1 Å². The van der Waals surface area contributed by atoms with Crippen molar-refractivity contribution in [3.63, 3.8) is 0 Å². The summed E-state index contributed by atoms with van der Waals surface area (Å²) in [5.41, 5.74) is 1.27. The molecule has 0 saturated carbocycles. The number of carbonyl (C=O) groups excluding carboxylic acids is 1. The minimum Gasteiger partial charge on any atom is -0.481 e. The lowest BCUT2D eigenvalue weighted by Crippen LogP contribution is -2.34. The molecule has 0 aromatic heterocycles. The Morgan fingerprint density at radius 1 is 1.35 bits per heavy atom. The minimum atomic E-state index is -0.849. The topological polar surface area (TPSA) is 78.4 Å². The van der Waals surface area contributed by atoms with Crippen LogP contribution in [-0.2, 0) is 16.1 Å². The van der Waals surface area contributed by atoms with E-state index in [1.54, 1.807) is 19.1 Å². The molecule has 0 fully saturated rings. The van der Waals surface area contributed by atoms with Crippen LogP contribution < -0.4 is 10.6 Å². The van der Waals surface area contributed by atoms with Crippen molar-refractivity contribution >= 4 is 11.9 Å². The Labute approximate surface area is 117 Å². The number of rotatable bonds is 8. The number of nitrogens with one attached hydrogen (secondary N) is 2. The normalized spacial score (nSPS) is 10.3. The first-order valence-corrected chi connectivity index (χ1v) is 6.43.